The Morgan fingerprint density at radius 2 is 1.77 bits per heavy atom. The van der Waals surface area contributed by atoms with Crippen molar-refractivity contribution in [3.63, 3.8) is 0 Å². The molecule has 0 spiro atoms. The minimum absolute atomic E-state index is 0.0787. The number of nitrogens with one attached hydrogen (secondary N) is 1. The number of nitrogens with zero attached hydrogens (tertiary/aromatic N) is 1. The molecule has 1 rings (SSSR count). The maximum absolute atomic E-state index is 12.1. The lowest BCUT2D eigenvalue weighted by atomic mass is 9.87. The highest BCUT2D eigenvalue weighted by atomic mass is 16.6. The highest BCUT2D eigenvalue weighted by Gasteiger charge is 2.45. The summed E-state index contributed by atoms with van der Waals surface area (Å²) in [7, 11) is 1.26. The van der Waals surface area contributed by atoms with E-state index >= 15 is 0 Å². The van der Waals surface area contributed by atoms with E-state index in [9.17, 15) is 14.4 Å². The van der Waals surface area contributed by atoms with Crippen molar-refractivity contribution in [2.45, 2.75) is 44.8 Å². The van der Waals surface area contributed by atoms with Crippen molar-refractivity contribution in [1.82, 2.24) is 10.2 Å². The zero-order valence-electron chi connectivity index (χ0n) is 13.6. The van der Waals surface area contributed by atoms with Crippen LogP contribution in [0.1, 0.15) is 33.6 Å². The van der Waals surface area contributed by atoms with Gasteiger partial charge < -0.3 is 25.4 Å². The lowest BCUT2D eigenvalue weighted by Gasteiger charge is -2.40. The van der Waals surface area contributed by atoms with Crippen molar-refractivity contribution in [3.05, 3.63) is 0 Å². The molecule has 0 aromatic heterocycles. The quantitative estimate of drug-likeness (QED) is 0.709. The van der Waals surface area contributed by atoms with Gasteiger partial charge in [-0.2, -0.15) is 0 Å². The summed E-state index contributed by atoms with van der Waals surface area (Å²) < 4.78 is 10.0. The van der Waals surface area contributed by atoms with E-state index in [0.717, 1.165) is 0 Å². The molecule has 0 aliphatic carbocycles. The van der Waals surface area contributed by atoms with Crippen LogP contribution >= 0.6 is 0 Å². The number of esters is 1. The lowest BCUT2D eigenvalue weighted by molar-refractivity contribution is -0.152. The van der Waals surface area contributed by atoms with E-state index in [2.05, 4.69) is 5.32 Å². The van der Waals surface area contributed by atoms with Crippen molar-refractivity contribution in [1.29, 1.82) is 0 Å². The number of amides is 2. The van der Waals surface area contributed by atoms with Gasteiger partial charge in [0.25, 0.3) is 0 Å². The number of hydrogen-bond donors (Lipinski definition) is 2. The second-order valence-corrected chi connectivity index (χ2v) is 6.29. The fraction of sp³-hybridized carbons (Fsp3) is 0.786. The van der Waals surface area contributed by atoms with E-state index in [1.54, 1.807) is 25.7 Å². The highest BCUT2D eigenvalue weighted by molar-refractivity contribution is 5.86. The Morgan fingerprint density at radius 3 is 2.18 bits per heavy atom. The SMILES string of the molecule is COC(=O)C1(NC(=O)OC(C)(C)C)CCN(C(=O)CN)CC1. The van der Waals surface area contributed by atoms with Crippen molar-refractivity contribution in [2.75, 3.05) is 26.7 Å². The number of carbonyl (C=O) groups is 3. The number of alkyl carbamates (subject to hydrolysis) is 1. The largest absolute Gasteiger partial charge is 0.467 e. The van der Waals surface area contributed by atoms with Gasteiger partial charge in [-0.3, -0.25) is 4.79 Å². The van der Waals surface area contributed by atoms with Crippen LogP contribution in [0.15, 0.2) is 0 Å². The summed E-state index contributed by atoms with van der Waals surface area (Å²) in [4.78, 5) is 37.3. The van der Waals surface area contributed by atoms with E-state index in [4.69, 9.17) is 15.2 Å². The number of ether oxygens (including phenoxy) is 2. The topological polar surface area (TPSA) is 111 Å². The molecule has 3 N–H and O–H groups in total. The van der Waals surface area contributed by atoms with Gasteiger partial charge in [0.15, 0.2) is 0 Å². The molecule has 1 heterocycles. The number of nitrogens with two attached hydrogens (primary N) is 1. The van der Waals surface area contributed by atoms with Crippen LogP contribution in [0.4, 0.5) is 4.79 Å². The van der Waals surface area contributed by atoms with Crippen LogP contribution in [0, 0.1) is 0 Å². The summed E-state index contributed by atoms with van der Waals surface area (Å²) in [6, 6.07) is 0. The Bertz CT molecular complexity index is 436. The molecule has 2 amide bonds. The van der Waals surface area contributed by atoms with Crippen molar-refractivity contribution >= 4 is 18.0 Å². The van der Waals surface area contributed by atoms with Gasteiger partial charge in [0.2, 0.25) is 5.91 Å². The molecule has 0 aromatic carbocycles. The third-order valence-corrected chi connectivity index (χ3v) is 3.46. The van der Waals surface area contributed by atoms with E-state index in [-0.39, 0.29) is 25.3 Å². The average Bonchev–Trinajstić information content (AvgIpc) is 2.44. The maximum Gasteiger partial charge on any atom is 0.408 e. The number of piperidine rings is 1. The molecular formula is C14H25N3O5. The molecule has 0 radical (unpaired) electrons. The zero-order chi connectivity index (χ0) is 17.0. The minimum Gasteiger partial charge on any atom is -0.467 e. The van der Waals surface area contributed by atoms with Crippen molar-refractivity contribution < 1.29 is 23.9 Å². The van der Waals surface area contributed by atoms with Gasteiger partial charge in [0.05, 0.1) is 13.7 Å². The fourth-order valence-corrected chi connectivity index (χ4v) is 2.34. The zero-order valence-corrected chi connectivity index (χ0v) is 13.6. The third-order valence-electron chi connectivity index (χ3n) is 3.46. The highest BCUT2D eigenvalue weighted by Crippen LogP contribution is 2.24. The summed E-state index contributed by atoms with van der Waals surface area (Å²) in [5.74, 6) is -0.728. The Morgan fingerprint density at radius 1 is 1.23 bits per heavy atom. The predicted molar refractivity (Wildman–Crippen MR) is 79.0 cm³/mol. The summed E-state index contributed by atoms with van der Waals surface area (Å²) in [5, 5.41) is 2.61. The van der Waals surface area contributed by atoms with Crippen molar-refractivity contribution in [3.8, 4) is 0 Å². The number of rotatable bonds is 3. The molecule has 0 aromatic rings. The van der Waals surface area contributed by atoms with Crippen LogP contribution in [0.5, 0.6) is 0 Å². The van der Waals surface area contributed by atoms with Gasteiger partial charge in [-0.05, 0) is 33.6 Å². The van der Waals surface area contributed by atoms with Crippen molar-refractivity contribution in [2.24, 2.45) is 5.73 Å². The smallest absolute Gasteiger partial charge is 0.408 e. The first kappa shape index (κ1) is 18.2. The molecule has 1 aliphatic rings. The molecule has 8 nitrogen and oxygen atoms in total. The van der Waals surface area contributed by atoms with Gasteiger partial charge in [-0.1, -0.05) is 0 Å². The predicted octanol–water partition coefficient (Wildman–Crippen LogP) is 0.00400. The molecule has 1 aliphatic heterocycles. The van der Waals surface area contributed by atoms with Gasteiger partial charge in [-0.25, -0.2) is 9.59 Å². The minimum atomic E-state index is -1.18. The molecule has 0 unspecified atom stereocenters. The Kier molecular flexibility index (Phi) is 5.76. The first-order valence-electron chi connectivity index (χ1n) is 7.21. The summed E-state index contributed by atoms with van der Waals surface area (Å²) >= 11 is 0. The lowest BCUT2D eigenvalue weighted by Crippen LogP contribution is -2.61. The number of hydrogen-bond acceptors (Lipinski definition) is 6. The number of likely N-dealkylation sites (tertiary alicyclic amines) is 1. The first-order chi connectivity index (χ1) is 10.1. The normalized spacial score (nSPS) is 17.6. The molecule has 1 saturated heterocycles. The first-order valence-corrected chi connectivity index (χ1v) is 7.21. The molecule has 22 heavy (non-hydrogen) atoms. The Labute approximate surface area is 130 Å². The molecule has 0 atom stereocenters. The standard InChI is InChI=1S/C14H25N3O5/c1-13(2,3)22-12(20)16-14(11(19)21-4)5-7-17(8-6-14)10(18)9-15/h5-9,15H2,1-4H3,(H,16,20). The van der Waals surface area contributed by atoms with Crippen LogP contribution in [-0.4, -0.2) is 60.8 Å². The van der Waals surface area contributed by atoms with Crippen LogP contribution in [-0.2, 0) is 19.1 Å². The second-order valence-electron chi connectivity index (χ2n) is 6.29. The van der Waals surface area contributed by atoms with Gasteiger partial charge in [0.1, 0.15) is 11.1 Å². The third kappa shape index (κ3) is 4.59. The molecular weight excluding hydrogens is 290 g/mol. The number of methoxy groups -OCH3 is 1. The van der Waals surface area contributed by atoms with E-state index in [1.807, 2.05) is 0 Å². The van der Waals surface area contributed by atoms with E-state index < -0.39 is 23.2 Å². The van der Waals surface area contributed by atoms with Crippen LogP contribution < -0.4 is 11.1 Å². The summed E-state index contributed by atoms with van der Waals surface area (Å²) in [6.07, 6.45) is -0.175. The van der Waals surface area contributed by atoms with Gasteiger partial charge in [-0.15, -0.1) is 0 Å². The molecule has 1 fully saturated rings. The Balaban J connectivity index is 2.80. The van der Waals surface area contributed by atoms with Gasteiger partial charge >= 0.3 is 12.1 Å². The van der Waals surface area contributed by atoms with E-state index in [1.165, 1.54) is 7.11 Å². The van der Waals surface area contributed by atoms with Crippen LogP contribution in [0.3, 0.4) is 0 Å². The van der Waals surface area contributed by atoms with Gasteiger partial charge in [0, 0.05) is 13.1 Å². The molecule has 126 valence electrons. The monoisotopic (exact) mass is 315 g/mol. The summed E-state index contributed by atoms with van der Waals surface area (Å²) in [5.41, 5.74) is 3.49. The fourth-order valence-electron chi connectivity index (χ4n) is 2.34. The molecule has 0 saturated carbocycles. The molecule has 8 heteroatoms. The molecule has 0 bridgehead atoms. The maximum atomic E-state index is 12.1. The second kappa shape index (κ2) is 6.95. The van der Waals surface area contributed by atoms with E-state index in [0.29, 0.717) is 13.1 Å². The van der Waals surface area contributed by atoms with Crippen LogP contribution in [0.25, 0.3) is 0 Å². The number of carbonyl (C=O) groups excluding carboxylic acids is 3. The average molecular weight is 315 g/mol. The Hall–Kier alpha value is -1.83. The summed E-state index contributed by atoms with van der Waals surface area (Å²) in [6.45, 7) is 5.77. The van der Waals surface area contributed by atoms with Crippen LogP contribution in [0.2, 0.25) is 0 Å².